The number of hydrogen-bond acceptors (Lipinski definition) is 9. The smallest absolute Gasteiger partial charge is 0.353 e. The number of fused-ring (bicyclic) bond motifs is 2. The van der Waals surface area contributed by atoms with Crippen molar-refractivity contribution in [2.45, 2.75) is 0 Å². The highest BCUT2D eigenvalue weighted by Gasteiger charge is 2.17. The number of aliphatic carboxylic acids is 1. The number of carboxylic acid groups (broad SMARTS) is 1. The number of anilines is 2. The molecule has 4 aromatic heterocycles. The van der Waals surface area contributed by atoms with Crippen LogP contribution in [0, 0.1) is 0 Å². The predicted molar refractivity (Wildman–Crippen MR) is 169 cm³/mol. The molecule has 16 heteroatoms. The second-order valence-electron chi connectivity index (χ2n) is 9.29. The molecule has 0 fully saturated rings. The minimum absolute atomic E-state index is 0.206. The number of benzene rings is 2. The fraction of sp³-hybridized carbons (Fsp3) is 0.0714. The van der Waals surface area contributed by atoms with Gasteiger partial charge in [-0.15, -0.1) is 5.10 Å². The second-order valence-corrected chi connectivity index (χ2v) is 10.9. The van der Waals surface area contributed by atoms with E-state index < -0.39 is 11.9 Å². The first-order chi connectivity index (χ1) is 21.2. The SMILES string of the molecule is O=C(O)CNc1cc(-c2cnn(OC(=O)CNc3cc(-c4ccn[nH]4)nc4c(Cl)c(Cl)ccc34)c2)nc2c(Cl)c(Cl)ccc12. The topological polar surface area (TPSA) is 160 Å². The minimum Gasteiger partial charge on any atom is -0.480 e. The van der Waals surface area contributed by atoms with Crippen LogP contribution >= 0.6 is 46.4 Å². The van der Waals surface area contributed by atoms with Gasteiger partial charge in [0.15, 0.2) is 0 Å². The Morgan fingerprint density at radius 3 is 2.09 bits per heavy atom. The summed E-state index contributed by atoms with van der Waals surface area (Å²) < 4.78 is 0. The van der Waals surface area contributed by atoms with E-state index in [1.807, 2.05) is 0 Å². The average Bonchev–Trinajstić information content (AvgIpc) is 3.71. The number of H-pyrrole nitrogens is 1. The van der Waals surface area contributed by atoms with E-state index >= 15 is 0 Å². The molecule has 6 aromatic rings. The van der Waals surface area contributed by atoms with E-state index in [4.69, 9.17) is 56.3 Å². The Morgan fingerprint density at radius 2 is 1.48 bits per heavy atom. The minimum atomic E-state index is -1.05. The number of aromatic nitrogens is 6. The normalized spacial score (nSPS) is 11.2. The fourth-order valence-electron chi connectivity index (χ4n) is 4.41. The molecule has 0 aliphatic carbocycles. The maximum atomic E-state index is 12.8. The van der Waals surface area contributed by atoms with Crippen molar-refractivity contribution in [3.63, 3.8) is 0 Å². The van der Waals surface area contributed by atoms with Gasteiger partial charge in [-0.25, -0.2) is 14.8 Å². The van der Waals surface area contributed by atoms with Crippen molar-refractivity contribution in [3.05, 3.63) is 81.1 Å². The first-order valence-electron chi connectivity index (χ1n) is 12.7. The molecule has 0 amide bonds. The average molecular weight is 672 g/mol. The van der Waals surface area contributed by atoms with E-state index in [-0.39, 0.29) is 28.2 Å². The second kappa shape index (κ2) is 12.2. The summed E-state index contributed by atoms with van der Waals surface area (Å²) in [5, 5.41) is 28.3. The highest BCUT2D eigenvalue weighted by molar-refractivity contribution is 6.45. The number of pyridine rings is 2. The zero-order chi connectivity index (χ0) is 31.0. The molecule has 222 valence electrons. The number of aromatic amines is 1. The summed E-state index contributed by atoms with van der Waals surface area (Å²) in [6.45, 7) is -0.569. The lowest BCUT2D eigenvalue weighted by atomic mass is 10.1. The van der Waals surface area contributed by atoms with Gasteiger partial charge in [0.05, 0.1) is 60.6 Å². The molecule has 0 aliphatic rings. The Hall–Kier alpha value is -4.62. The molecule has 0 saturated carbocycles. The van der Waals surface area contributed by atoms with Crippen molar-refractivity contribution < 1.29 is 19.5 Å². The maximum Gasteiger partial charge on any atom is 0.353 e. The number of carbonyl (C=O) groups excluding carboxylic acids is 1. The Kier molecular flexibility index (Phi) is 8.15. The Bertz CT molecular complexity index is 2070. The van der Waals surface area contributed by atoms with Gasteiger partial charge in [-0.05, 0) is 42.5 Å². The summed E-state index contributed by atoms with van der Waals surface area (Å²) in [6, 6.07) is 11.8. The molecule has 0 bridgehead atoms. The number of nitrogens with zero attached hydrogens (tertiary/aromatic N) is 5. The predicted octanol–water partition coefficient (Wildman–Crippen LogP) is 6.21. The highest BCUT2D eigenvalue weighted by Crippen LogP contribution is 2.37. The van der Waals surface area contributed by atoms with E-state index in [0.717, 1.165) is 4.85 Å². The van der Waals surface area contributed by atoms with Crippen molar-refractivity contribution in [1.29, 1.82) is 0 Å². The molecule has 0 spiro atoms. The molecular formula is C28H18Cl4N8O4. The molecule has 12 nitrogen and oxygen atoms in total. The van der Waals surface area contributed by atoms with Crippen LogP contribution < -0.4 is 15.5 Å². The Labute approximate surface area is 267 Å². The molecule has 0 atom stereocenters. The number of carboxylic acids is 1. The molecule has 2 aromatic carbocycles. The summed E-state index contributed by atoms with van der Waals surface area (Å²) in [4.78, 5) is 39.6. The van der Waals surface area contributed by atoms with Crippen LogP contribution in [-0.2, 0) is 9.59 Å². The number of hydrogen-bond donors (Lipinski definition) is 4. The number of nitrogens with one attached hydrogen (secondary N) is 3. The summed E-state index contributed by atoms with van der Waals surface area (Å²) >= 11 is 25.3. The summed E-state index contributed by atoms with van der Waals surface area (Å²) in [5.74, 6) is -1.70. The van der Waals surface area contributed by atoms with Gasteiger partial charge in [0, 0.05) is 33.9 Å². The van der Waals surface area contributed by atoms with Crippen molar-refractivity contribution in [2.24, 2.45) is 0 Å². The van der Waals surface area contributed by atoms with Crippen LogP contribution in [0.15, 0.2) is 61.1 Å². The van der Waals surface area contributed by atoms with Gasteiger partial charge in [-0.3, -0.25) is 9.89 Å². The van der Waals surface area contributed by atoms with Crippen molar-refractivity contribution in [1.82, 2.24) is 30.1 Å². The first-order valence-corrected chi connectivity index (χ1v) is 14.2. The molecule has 0 radical (unpaired) electrons. The third kappa shape index (κ3) is 5.92. The number of rotatable bonds is 9. The van der Waals surface area contributed by atoms with Crippen LogP contribution in [0.2, 0.25) is 20.1 Å². The van der Waals surface area contributed by atoms with Crippen molar-refractivity contribution >= 4 is 91.5 Å². The molecule has 0 unspecified atom stereocenters. The third-order valence-electron chi connectivity index (χ3n) is 6.43. The van der Waals surface area contributed by atoms with Gasteiger partial charge in [0.25, 0.3) is 0 Å². The van der Waals surface area contributed by atoms with E-state index in [2.05, 4.69) is 35.9 Å². The van der Waals surface area contributed by atoms with Crippen LogP contribution in [0.1, 0.15) is 0 Å². The lowest BCUT2D eigenvalue weighted by Gasteiger charge is -2.12. The number of halogens is 4. The largest absolute Gasteiger partial charge is 0.480 e. The van der Waals surface area contributed by atoms with Crippen LogP contribution in [0.3, 0.4) is 0 Å². The molecule has 6 rings (SSSR count). The molecule has 0 saturated heterocycles. The summed E-state index contributed by atoms with van der Waals surface area (Å²) in [7, 11) is 0. The molecule has 0 aliphatic heterocycles. The van der Waals surface area contributed by atoms with Crippen LogP contribution in [0.4, 0.5) is 11.4 Å². The standard InChI is InChI=1S/C28H18Cl4N8O4/c29-16-3-1-14-20(33-10-23(41)42)7-19(37-27(14)25(16)31)13-9-36-40(12-13)44-24(43)11-34-21-8-22(18-5-6-35-39-18)38-28-15(21)2-4-17(30)26(28)32/h1-9,12H,10-11H2,(H,33,37)(H,34,38)(H,35,39)(H,41,42). The number of carbonyl (C=O) groups is 2. The van der Waals surface area contributed by atoms with Crippen LogP contribution in [-0.4, -0.2) is 60.2 Å². The van der Waals surface area contributed by atoms with Gasteiger partial charge >= 0.3 is 11.9 Å². The van der Waals surface area contributed by atoms with E-state index in [0.29, 0.717) is 60.8 Å². The zero-order valence-corrected chi connectivity index (χ0v) is 25.1. The molecule has 4 N–H and O–H groups in total. The summed E-state index contributed by atoms with van der Waals surface area (Å²) in [5.41, 5.74) is 3.88. The van der Waals surface area contributed by atoms with Gasteiger partial charge in [-0.2, -0.15) is 5.10 Å². The lowest BCUT2D eigenvalue weighted by Crippen LogP contribution is -2.26. The monoisotopic (exact) mass is 670 g/mol. The van der Waals surface area contributed by atoms with E-state index in [1.165, 1.54) is 12.4 Å². The molecule has 4 heterocycles. The molecule has 44 heavy (non-hydrogen) atoms. The Balaban J connectivity index is 1.23. The third-order valence-corrected chi connectivity index (χ3v) is 8.01. The zero-order valence-electron chi connectivity index (χ0n) is 22.1. The molecular weight excluding hydrogens is 654 g/mol. The van der Waals surface area contributed by atoms with Gasteiger partial charge in [0.1, 0.15) is 13.1 Å². The first kappa shape index (κ1) is 29.5. The van der Waals surface area contributed by atoms with E-state index in [1.54, 1.807) is 48.7 Å². The quantitative estimate of drug-likeness (QED) is 0.139. The van der Waals surface area contributed by atoms with Gasteiger partial charge in [-0.1, -0.05) is 51.2 Å². The highest BCUT2D eigenvalue weighted by atomic mass is 35.5. The van der Waals surface area contributed by atoms with Crippen molar-refractivity contribution in [3.8, 4) is 22.6 Å². The fourth-order valence-corrected chi connectivity index (χ4v) is 5.13. The van der Waals surface area contributed by atoms with Gasteiger partial charge < -0.3 is 20.6 Å². The lowest BCUT2D eigenvalue weighted by molar-refractivity contribution is -0.143. The van der Waals surface area contributed by atoms with Crippen molar-refractivity contribution in [2.75, 3.05) is 23.7 Å². The van der Waals surface area contributed by atoms with E-state index in [9.17, 15) is 9.59 Å². The van der Waals surface area contributed by atoms with Crippen LogP contribution in [0.5, 0.6) is 0 Å². The maximum absolute atomic E-state index is 12.8. The summed E-state index contributed by atoms with van der Waals surface area (Å²) in [6.07, 6.45) is 4.48. The van der Waals surface area contributed by atoms with Crippen LogP contribution in [0.25, 0.3) is 44.5 Å². The van der Waals surface area contributed by atoms with Gasteiger partial charge in [0.2, 0.25) is 0 Å². The Morgan fingerprint density at radius 1 is 0.864 bits per heavy atom.